The molecule has 336 valence electrons. The Morgan fingerprint density at radius 3 is 2.22 bits per heavy atom. The number of sulfonamides is 1. The molecule has 1 saturated carbocycles. The molecular weight excluding hydrogens is 912 g/mol. The van der Waals surface area contributed by atoms with Crippen molar-refractivity contribution in [3.8, 4) is 11.5 Å². The van der Waals surface area contributed by atoms with Crippen LogP contribution in [0.25, 0.3) is 0 Å². The van der Waals surface area contributed by atoms with Crippen molar-refractivity contribution in [3.63, 3.8) is 0 Å². The molecule has 1 aliphatic heterocycles. The van der Waals surface area contributed by atoms with Crippen LogP contribution in [0.4, 0.5) is 14.5 Å². The van der Waals surface area contributed by atoms with Gasteiger partial charge in [-0.2, -0.15) is 13.1 Å². The predicted octanol–water partition coefficient (Wildman–Crippen LogP) is 8.14. The fourth-order valence-corrected chi connectivity index (χ4v) is 10.3. The van der Waals surface area contributed by atoms with E-state index in [1.807, 2.05) is 36.4 Å². The second-order valence-electron chi connectivity index (χ2n) is 14.8. The van der Waals surface area contributed by atoms with Crippen molar-refractivity contribution in [2.75, 3.05) is 37.3 Å². The van der Waals surface area contributed by atoms with Crippen LogP contribution in [0.3, 0.4) is 0 Å². The van der Waals surface area contributed by atoms with Crippen LogP contribution < -0.4 is 25.4 Å². The Bertz CT molecular complexity index is 2560. The van der Waals surface area contributed by atoms with Crippen molar-refractivity contribution in [1.29, 1.82) is 0 Å². The Balaban J connectivity index is 1.000. The van der Waals surface area contributed by atoms with Gasteiger partial charge in [-0.3, -0.25) is 14.6 Å². The van der Waals surface area contributed by atoms with Crippen LogP contribution in [-0.4, -0.2) is 79.5 Å². The summed E-state index contributed by atoms with van der Waals surface area (Å²) in [4.78, 5) is 43.9. The summed E-state index contributed by atoms with van der Waals surface area (Å²) in [5.41, 5.74) is 3.06. The highest BCUT2D eigenvalue weighted by Gasteiger charge is 2.42. The number of thioether (sulfide) groups is 1. The summed E-state index contributed by atoms with van der Waals surface area (Å²) >= 11 is 14.0. The van der Waals surface area contributed by atoms with Crippen LogP contribution >= 0.6 is 35.0 Å². The van der Waals surface area contributed by atoms with E-state index in [2.05, 4.69) is 20.9 Å². The topological polar surface area (TPSA) is 165 Å². The first-order valence-electron chi connectivity index (χ1n) is 20.2. The van der Waals surface area contributed by atoms with Gasteiger partial charge < -0.3 is 30.2 Å². The number of nitrogens with one attached hydrogen (secondary N) is 3. The maximum atomic E-state index is 14.2. The molecule has 2 fully saturated rings. The summed E-state index contributed by atoms with van der Waals surface area (Å²) < 4.78 is 72.6. The van der Waals surface area contributed by atoms with Gasteiger partial charge in [-0.1, -0.05) is 65.7 Å². The number of nitrogens with zero attached hydrogens (tertiary/aromatic N) is 2. The minimum Gasteiger partial charge on any atom is -0.489 e. The van der Waals surface area contributed by atoms with Crippen LogP contribution in [0.5, 0.6) is 11.5 Å². The molecule has 3 N–H and O–H groups in total. The number of hydrogen-bond acceptors (Lipinski definition) is 11. The van der Waals surface area contributed by atoms with Crippen LogP contribution in [0.1, 0.15) is 56.4 Å². The number of benzene rings is 4. The van der Waals surface area contributed by atoms with Gasteiger partial charge in [0.25, 0.3) is 11.8 Å². The van der Waals surface area contributed by atoms with Gasteiger partial charge in [0, 0.05) is 67.6 Å². The average Bonchev–Trinajstić information content (AvgIpc) is 3.99. The second kappa shape index (κ2) is 21.5. The third-order valence-corrected chi connectivity index (χ3v) is 14.1. The minimum atomic E-state index is -4.37. The zero-order chi connectivity index (χ0) is 45.2. The number of carbonyl (C=O) groups is 3. The molecule has 2 atom stereocenters. The van der Waals surface area contributed by atoms with Crippen LogP contribution in [-0.2, 0) is 32.5 Å². The fourth-order valence-electron chi connectivity index (χ4n) is 6.73. The molecule has 0 spiro atoms. The predicted molar refractivity (Wildman–Crippen MR) is 240 cm³/mol. The van der Waals surface area contributed by atoms with Crippen molar-refractivity contribution >= 4 is 68.5 Å². The van der Waals surface area contributed by atoms with Crippen molar-refractivity contribution in [1.82, 2.24) is 19.9 Å². The largest absolute Gasteiger partial charge is 0.489 e. The maximum absolute atomic E-state index is 14.2. The molecule has 1 saturated heterocycles. The van der Waals surface area contributed by atoms with Crippen molar-refractivity contribution < 1.29 is 45.8 Å². The van der Waals surface area contributed by atoms with Gasteiger partial charge >= 0.3 is 12.6 Å². The summed E-state index contributed by atoms with van der Waals surface area (Å²) in [7, 11) is -4.37. The van der Waals surface area contributed by atoms with Gasteiger partial charge in [-0.05, 0) is 90.0 Å². The number of rotatable bonds is 20. The first-order chi connectivity index (χ1) is 30.8. The lowest BCUT2D eigenvalue weighted by Crippen LogP contribution is -2.41. The van der Waals surface area contributed by atoms with E-state index in [1.165, 1.54) is 54.9 Å². The second-order valence-corrected chi connectivity index (χ2v) is 18.7. The number of carbonyl (C=O) groups excluding carboxylic acids is 3. The number of pyridine rings is 1. The normalized spacial score (nSPS) is 15.6. The molecule has 5 aromatic rings. The van der Waals surface area contributed by atoms with E-state index >= 15 is 0 Å². The van der Waals surface area contributed by atoms with E-state index < -0.39 is 40.0 Å². The Morgan fingerprint density at radius 1 is 0.844 bits per heavy atom. The molecule has 19 heteroatoms. The summed E-state index contributed by atoms with van der Waals surface area (Å²) in [5, 5.41) is 7.82. The number of halogens is 4. The summed E-state index contributed by atoms with van der Waals surface area (Å²) in [6, 6.07) is 26.4. The first kappa shape index (κ1) is 46.5. The highest BCUT2D eigenvalue weighted by Crippen LogP contribution is 2.39. The third-order valence-electron chi connectivity index (χ3n) is 10.2. The fraction of sp³-hybridized carbons (Fsp3) is 0.289. The zero-order valence-electron chi connectivity index (χ0n) is 34.1. The number of aromatic nitrogens is 1. The quantitative estimate of drug-likeness (QED) is 0.0510. The molecule has 2 amide bonds. The number of alkyl halides is 2. The van der Waals surface area contributed by atoms with E-state index in [4.69, 9.17) is 37.4 Å². The van der Waals surface area contributed by atoms with E-state index in [0.29, 0.717) is 23.2 Å². The Hall–Kier alpha value is -5.46. The molecule has 1 aromatic heterocycles. The van der Waals surface area contributed by atoms with Crippen molar-refractivity contribution in [2.45, 2.75) is 48.8 Å². The molecule has 64 heavy (non-hydrogen) atoms. The molecular formula is C45H43Cl2F2N5O8S2. The van der Waals surface area contributed by atoms with E-state index in [1.54, 1.807) is 18.2 Å². The minimum absolute atomic E-state index is 0.0137. The number of para-hydroxylation sites is 1. The molecule has 4 aromatic carbocycles. The number of ether oxygens (including phenoxy) is 3. The average molecular weight is 955 g/mol. The number of esters is 1. The van der Waals surface area contributed by atoms with Crippen LogP contribution in [0.15, 0.2) is 114 Å². The number of anilines is 1. The van der Waals surface area contributed by atoms with Gasteiger partial charge in [0.15, 0.2) is 16.9 Å². The molecule has 13 nitrogen and oxygen atoms in total. The number of hydrogen-bond donors (Lipinski definition) is 3. The van der Waals surface area contributed by atoms with Crippen molar-refractivity contribution in [2.24, 2.45) is 5.92 Å². The lowest BCUT2D eigenvalue weighted by Gasteiger charge is -2.26. The van der Waals surface area contributed by atoms with E-state index in [9.17, 15) is 31.6 Å². The molecule has 2 aliphatic rings. The van der Waals surface area contributed by atoms with Crippen LogP contribution in [0, 0.1) is 5.92 Å². The van der Waals surface area contributed by atoms with Gasteiger partial charge in [0.05, 0.1) is 21.5 Å². The standard InChI is InChI=1S/C45H43Cl2F2N5O8S2/c46-36-25-50-26-37(47)35(36)23-39(30-14-15-38(62-45(48)49)40(22-30)60-27-28-12-13-28)61-44(57)43-54(18-19-63-43)64(58,59)34-11-5-8-32(21-34)42(56)52-17-16-51-41(55)31-7-4-6-29(20-31)24-53-33-9-2-1-3-10-33/h1-11,14-15,20-22,25-26,28,39,43,45,53H,12-13,16-19,23-24,27H2,(H,51,55)(H,52,56)/t39?,43-/m0/s1. The van der Waals surface area contributed by atoms with Gasteiger partial charge in [0.2, 0.25) is 10.0 Å². The lowest BCUT2D eigenvalue weighted by molar-refractivity contribution is -0.150. The SMILES string of the molecule is O=C(NCCNC(=O)c1cccc(S(=O)(=O)N2CCS[C@H]2C(=O)OC(Cc2c(Cl)cncc2Cl)c2ccc(OC(F)F)c(OCC3CC3)c2)c1)c1cccc(CNc2ccccc2)c1. The molecule has 0 radical (unpaired) electrons. The monoisotopic (exact) mass is 953 g/mol. The van der Waals surface area contributed by atoms with Crippen LogP contribution in [0.2, 0.25) is 10.0 Å². The smallest absolute Gasteiger partial charge is 0.387 e. The van der Waals surface area contributed by atoms with Crippen molar-refractivity contribution in [3.05, 3.63) is 147 Å². The molecule has 7 rings (SSSR count). The zero-order valence-corrected chi connectivity index (χ0v) is 37.2. The van der Waals surface area contributed by atoms with Gasteiger partial charge in [-0.25, -0.2) is 13.2 Å². The third kappa shape index (κ3) is 12.2. The van der Waals surface area contributed by atoms with E-state index in [-0.39, 0.29) is 82.2 Å². The van der Waals surface area contributed by atoms with Gasteiger partial charge in [0.1, 0.15) is 6.10 Å². The van der Waals surface area contributed by atoms with E-state index in [0.717, 1.165) is 40.2 Å². The molecule has 0 bridgehead atoms. The molecule has 1 unspecified atom stereocenters. The first-order valence-corrected chi connectivity index (χ1v) is 23.5. The van der Waals surface area contributed by atoms with Gasteiger partial charge in [-0.15, -0.1) is 11.8 Å². The maximum Gasteiger partial charge on any atom is 0.387 e. The highest BCUT2D eigenvalue weighted by atomic mass is 35.5. The summed E-state index contributed by atoms with van der Waals surface area (Å²) in [6.45, 7) is -2.21. The lowest BCUT2D eigenvalue weighted by atomic mass is 10.0. The Labute approximate surface area is 383 Å². The Kier molecular flexibility index (Phi) is 15.6. The molecule has 2 heterocycles. The Morgan fingerprint density at radius 2 is 1.53 bits per heavy atom. The molecule has 1 aliphatic carbocycles. The summed E-state index contributed by atoms with van der Waals surface area (Å²) in [5.74, 6) is -1.47. The highest BCUT2D eigenvalue weighted by molar-refractivity contribution is 8.02. The summed E-state index contributed by atoms with van der Waals surface area (Å²) in [6.07, 6.45) is 3.37. The number of amides is 2.